The van der Waals surface area contributed by atoms with Gasteiger partial charge in [0.2, 0.25) is 0 Å². The van der Waals surface area contributed by atoms with E-state index in [-0.39, 0.29) is 11.7 Å². The summed E-state index contributed by atoms with van der Waals surface area (Å²) >= 11 is 0. The molecule has 0 aromatic carbocycles. The van der Waals surface area contributed by atoms with E-state index in [1.807, 2.05) is 13.0 Å². The number of hydrogen-bond donors (Lipinski definition) is 0. The van der Waals surface area contributed by atoms with E-state index in [0.29, 0.717) is 23.3 Å². The number of hydrogen-bond acceptors (Lipinski definition) is 4. The SMILES string of the molecule is Cc1cc(C(=O)C2CC3CCCC(C2)N3C)cnc1C#N. The molecule has 3 heterocycles. The van der Waals surface area contributed by atoms with Crippen LogP contribution in [0.3, 0.4) is 0 Å². The van der Waals surface area contributed by atoms with Crippen LogP contribution in [0.1, 0.15) is 53.7 Å². The molecule has 3 rings (SSSR count). The first-order valence-electron chi connectivity index (χ1n) is 7.73. The number of ketones is 1. The molecule has 2 unspecified atom stereocenters. The second-order valence-corrected chi connectivity index (χ2v) is 6.44. The Morgan fingerprint density at radius 2 is 2.05 bits per heavy atom. The summed E-state index contributed by atoms with van der Waals surface area (Å²) < 4.78 is 0. The molecule has 2 saturated heterocycles. The van der Waals surface area contributed by atoms with Gasteiger partial charge in [0.1, 0.15) is 11.8 Å². The third-order valence-electron chi connectivity index (χ3n) is 5.18. The molecule has 0 radical (unpaired) electrons. The van der Waals surface area contributed by atoms with Crippen LogP contribution < -0.4 is 0 Å². The number of nitriles is 1. The van der Waals surface area contributed by atoms with E-state index < -0.39 is 0 Å². The molecule has 21 heavy (non-hydrogen) atoms. The predicted octanol–water partition coefficient (Wildman–Crippen LogP) is 2.71. The van der Waals surface area contributed by atoms with Crippen LogP contribution in [0, 0.1) is 24.2 Å². The minimum absolute atomic E-state index is 0.116. The summed E-state index contributed by atoms with van der Waals surface area (Å²) in [6.07, 6.45) is 7.21. The number of carbonyl (C=O) groups excluding carboxylic acids is 1. The van der Waals surface area contributed by atoms with Gasteiger partial charge in [-0.2, -0.15) is 5.26 Å². The minimum Gasteiger partial charge on any atom is -0.300 e. The zero-order valence-electron chi connectivity index (χ0n) is 12.7. The number of fused-ring (bicyclic) bond motifs is 2. The van der Waals surface area contributed by atoms with Gasteiger partial charge in [0, 0.05) is 29.8 Å². The van der Waals surface area contributed by atoms with Gasteiger partial charge in [-0.3, -0.25) is 4.79 Å². The first kappa shape index (κ1) is 14.2. The quantitative estimate of drug-likeness (QED) is 0.783. The first-order valence-corrected chi connectivity index (χ1v) is 7.73. The van der Waals surface area contributed by atoms with E-state index in [2.05, 4.69) is 23.0 Å². The monoisotopic (exact) mass is 283 g/mol. The molecule has 0 amide bonds. The lowest BCUT2D eigenvalue weighted by Gasteiger charge is -2.46. The van der Waals surface area contributed by atoms with Crippen molar-refractivity contribution in [2.45, 2.75) is 51.1 Å². The molecule has 2 fully saturated rings. The molecule has 2 atom stereocenters. The molecule has 1 aromatic heterocycles. The maximum atomic E-state index is 12.7. The normalized spacial score (nSPS) is 28.9. The van der Waals surface area contributed by atoms with E-state index in [1.165, 1.54) is 19.3 Å². The minimum atomic E-state index is 0.116. The Kier molecular flexibility index (Phi) is 3.77. The van der Waals surface area contributed by atoms with Crippen LogP contribution in [-0.4, -0.2) is 34.8 Å². The van der Waals surface area contributed by atoms with Gasteiger partial charge in [0.25, 0.3) is 0 Å². The Morgan fingerprint density at radius 1 is 1.38 bits per heavy atom. The summed E-state index contributed by atoms with van der Waals surface area (Å²) in [6.45, 7) is 1.84. The second-order valence-electron chi connectivity index (χ2n) is 6.44. The van der Waals surface area contributed by atoms with Gasteiger partial charge in [0.05, 0.1) is 0 Å². The number of pyridine rings is 1. The molecular formula is C17H21N3O. The molecule has 2 bridgehead atoms. The van der Waals surface area contributed by atoms with Gasteiger partial charge in [-0.1, -0.05) is 6.42 Å². The highest BCUT2D eigenvalue weighted by Gasteiger charge is 2.38. The number of carbonyl (C=O) groups is 1. The first-order chi connectivity index (χ1) is 10.1. The average Bonchev–Trinajstić information content (AvgIpc) is 2.46. The number of aromatic nitrogens is 1. The van der Waals surface area contributed by atoms with E-state index >= 15 is 0 Å². The molecule has 1 aromatic rings. The van der Waals surface area contributed by atoms with Crippen molar-refractivity contribution in [2.75, 3.05) is 7.05 Å². The highest BCUT2D eigenvalue weighted by Crippen LogP contribution is 2.37. The van der Waals surface area contributed by atoms with Crippen molar-refractivity contribution in [2.24, 2.45) is 5.92 Å². The topological polar surface area (TPSA) is 57.0 Å². The smallest absolute Gasteiger partial charge is 0.167 e. The van der Waals surface area contributed by atoms with E-state index in [4.69, 9.17) is 5.26 Å². The summed E-state index contributed by atoms with van der Waals surface area (Å²) in [5, 5.41) is 8.93. The zero-order valence-corrected chi connectivity index (χ0v) is 12.7. The Balaban J connectivity index is 1.80. The highest BCUT2D eigenvalue weighted by molar-refractivity contribution is 5.98. The molecule has 2 aliphatic heterocycles. The van der Waals surface area contributed by atoms with E-state index in [1.54, 1.807) is 6.20 Å². The van der Waals surface area contributed by atoms with Crippen molar-refractivity contribution in [3.05, 3.63) is 29.1 Å². The second kappa shape index (κ2) is 5.57. The largest absolute Gasteiger partial charge is 0.300 e. The molecule has 0 saturated carbocycles. The van der Waals surface area contributed by atoms with Crippen LogP contribution in [0.4, 0.5) is 0 Å². The molecular weight excluding hydrogens is 262 g/mol. The summed E-state index contributed by atoms with van der Waals surface area (Å²) in [5.74, 6) is 0.325. The molecule has 4 heteroatoms. The van der Waals surface area contributed by atoms with Crippen molar-refractivity contribution in [3.63, 3.8) is 0 Å². The van der Waals surface area contributed by atoms with E-state index in [0.717, 1.165) is 18.4 Å². The van der Waals surface area contributed by atoms with Gasteiger partial charge in [-0.15, -0.1) is 0 Å². The third kappa shape index (κ3) is 2.58. The maximum absolute atomic E-state index is 12.7. The standard InChI is InChI=1S/C17H21N3O/c1-11-6-13(10-19-16(11)9-18)17(21)12-7-14-4-3-5-15(8-12)20(14)2/h6,10,12,14-15H,3-5,7-8H2,1-2H3. The number of piperidine rings is 2. The Morgan fingerprint density at radius 3 is 2.62 bits per heavy atom. The van der Waals surface area contributed by atoms with E-state index in [9.17, 15) is 4.79 Å². The summed E-state index contributed by atoms with van der Waals surface area (Å²) in [7, 11) is 2.20. The summed E-state index contributed by atoms with van der Waals surface area (Å²) in [4.78, 5) is 19.3. The molecule has 2 aliphatic rings. The van der Waals surface area contributed by atoms with Crippen LogP contribution in [0.2, 0.25) is 0 Å². The van der Waals surface area contributed by atoms with Crippen LogP contribution >= 0.6 is 0 Å². The predicted molar refractivity (Wildman–Crippen MR) is 79.9 cm³/mol. The fourth-order valence-electron chi connectivity index (χ4n) is 3.89. The fraction of sp³-hybridized carbons (Fsp3) is 0.588. The lowest BCUT2D eigenvalue weighted by Crippen LogP contribution is -2.51. The fourth-order valence-corrected chi connectivity index (χ4v) is 3.89. The third-order valence-corrected chi connectivity index (χ3v) is 5.18. The molecule has 0 N–H and O–H groups in total. The maximum Gasteiger partial charge on any atom is 0.167 e. The summed E-state index contributed by atoms with van der Waals surface area (Å²) in [5.41, 5.74) is 1.86. The summed E-state index contributed by atoms with van der Waals surface area (Å²) in [6, 6.07) is 4.98. The average molecular weight is 283 g/mol. The Hall–Kier alpha value is -1.73. The number of aryl methyl sites for hydroxylation is 1. The number of Topliss-reactive ketones (excluding diaryl/α,β-unsaturated/α-hetero) is 1. The van der Waals surface area contributed by atoms with Crippen molar-refractivity contribution in [1.82, 2.24) is 9.88 Å². The highest BCUT2D eigenvalue weighted by atomic mass is 16.1. The Labute approximate surface area is 125 Å². The van der Waals surface area contributed by atoms with Gasteiger partial charge in [0.15, 0.2) is 5.78 Å². The zero-order chi connectivity index (χ0) is 15.0. The van der Waals surface area contributed by atoms with Crippen molar-refractivity contribution in [3.8, 4) is 6.07 Å². The van der Waals surface area contributed by atoms with Gasteiger partial charge < -0.3 is 4.90 Å². The van der Waals surface area contributed by atoms with Crippen LogP contribution in [-0.2, 0) is 0 Å². The number of nitrogens with zero attached hydrogens (tertiary/aromatic N) is 3. The van der Waals surface area contributed by atoms with Gasteiger partial charge in [-0.25, -0.2) is 4.98 Å². The number of rotatable bonds is 2. The molecule has 0 spiro atoms. The van der Waals surface area contributed by atoms with Crippen molar-refractivity contribution in [1.29, 1.82) is 5.26 Å². The van der Waals surface area contributed by atoms with Crippen LogP contribution in [0.25, 0.3) is 0 Å². The van der Waals surface area contributed by atoms with Gasteiger partial charge >= 0.3 is 0 Å². The van der Waals surface area contributed by atoms with Crippen LogP contribution in [0.15, 0.2) is 12.3 Å². The molecule has 0 aliphatic carbocycles. The Bertz CT molecular complexity index is 591. The van der Waals surface area contributed by atoms with Crippen LogP contribution in [0.5, 0.6) is 0 Å². The molecule has 4 nitrogen and oxygen atoms in total. The molecule has 110 valence electrons. The lowest BCUT2D eigenvalue weighted by molar-refractivity contribution is 0.0338. The van der Waals surface area contributed by atoms with Crippen molar-refractivity contribution >= 4 is 5.78 Å². The van der Waals surface area contributed by atoms with Gasteiger partial charge in [-0.05, 0) is 51.3 Å². The van der Waals surface area contributed by atoms with Crippen molar-refractivity contribution < 1.29 is 4.79 Å². The lowest BCUT2D eigenvalue weighted by atomic mass is 9.76.